The lowest BCUT2D eigenvalue weighted by Gasteiger charge is -2.35. The van der Waals surface area contributed by atoms with E-state index in [0.29, 0.717) is 13.1 Å². The van der Waals surface area contributed by atoms with Crippen molar-refractivity contribution in [3.05, 3.63) is 29.8 Å². The van der Waals surface area contributed by atoms with Gasteiger partial charge in [0.05, 0.1) is 18.2 Å². The molecule has 1 aromatic carbocycles. The van der Waals surface area contributed by atoms with Gasteiger partial charge in [0.15, 0.2) is 11.6 Å². The van der Waals surface area contributed by atoms with Gasteiger partial charge in [-0.3, -0.25) is 14.5 Å². The summed E-state index contributed by atoms with van der Waals surface area (Å²) in [5.74, 6) is -2.81. The monoisotopic (exact) mass is 309 g/mol. The SMILES string of the molecule is CN1CCN(C2CC(=O)N(c3ccc(F)c(F)c3)C2=O)CC1. The molecule has 2 saturated heterocycles. The van der Waals surface area contributed by atoms with Crippen LogP contribution in [-0.2, 0) is 9.59 Å². The lowest BCUT2D eigenvalue weighted by molar-refractivity contribution is -0.123. The molecular weight excluding hydrogens is 292 g/mol. The lowest BCUT2D eigenvalue weighted by atomic mass is 10.2. The van der Waals surface area contributed by atoms with Crippen LogP contribution in [0.2, 0.25) is 0 Å². The maximum atomic E-state index is 13.3. The number of nitrogens with zero attached hydrogens (tertiary/aromatic N) is 3. The van der Waals surface area contributed by atoms with Gasteiger partial charge in [0, 0.05) is 32.2 Å². The summed E-state index contributed by atoms with van der Waals surface area (Å²) in [5.41, 5.74) is 0.0885. The van der Waals surface area contributed by atoms with Gasteiger partial charge in [-0.1, -0.05) is 0 Å². The van der Waals surface area contributed by atoms with Crippen LogP contribution in [0.5, 0.6) is 0 Å². The smallest absolute Gasteiger partial charge is 0.251 e. The molecule has 0 radical (unpaired) electrons. The average molecular weight is 309 g/mol. The number of piperazine rings is 1. The molecule has 2 fully saturated rings. The van der Waals surface area contributed by atoms with Crippen molar-refractivity contribution in [2.45, 2.75) is 12.5 Å². The van der Waals surface area contributed by atoms with Crippen LogP contribution in [-0.4, -0.2) is 60.9 Å². The zero-order chi connectivity index (χ0) is 15.9. The third-order valence-corrected chi connectivity index (χ3v) is 4.26. The predicted octanol–water partition coefficient (Wildman–Crippen LogP) is 0.844. The molecule has 0 spiro atoms. The average Bonchev–Trinajstić information content (AvgIpc) is 2.78. The highest BCUT2D eigenvalue weighted by Crippen LogP contribution is 2.27. The van der Waals surface area contributed by atoms with E-state index in [-0.39, 0.29) is 23.9 Å². The van der Waals surface area contributed by atoms with Gasteiger partial charge in [-0.25, -0.2) is 13.7 Å². The molecule has 2 aliphatic heterocycles. The summed E-state index contributed by atoms with van der Waals surface area (Å²) in [6.07, 6.45) is 0.0849. The summed E-state index contributed by atoms with van der Waals surface area (Å²) in [4.78, 5) is 29.8. The normalized spacial score (nSPS) is 24.3. The van der Waals surface area contributed by atoms with E-state index in [4.69, 9.17) is 0 Å². The number of anilines is 1. The molecule has 0 aliphatic carbocycles. The molecule has 1 atom stereocenters. The quantitative estimate of drug-likeness (QED) is 0.760. The van der Waals surface area contributed by atoms with Crippen LogP contribution in [0.25, 0.3) is 0 Å². The molecule has 2 aliphatic rings. The number of hydrogen-bond acceptors (Lipinski definition) is 4. The molecular formula is C15H17F2N3O2. The second kappa shape index (κ2) is 5.73. The van der Waals surface area contributed by atoms with Crippen molar-refractivity contribution in [3.8, 4) is 0 Å². The Morgan fingerprint density at radius 2 is 1.73 bits per heavy atom. The second-order valence-electron chi connectivity index (χ2n) is 5.72. The fourth-order valence-electron chi connectivity index (χ4n) is 2.93. The van der Waals surface area contributed by atoms with Crippen LogP contribution in [0, 0.1) is 11.6 Å². The first-order valence-electron chi connectivity index (χ1n) is 7.22. The zero-order valence-electron chi connectivity index (χ0n) is 12.3. The first-order chi connectivity index (χ1) is 10.5. The largest absolute Gasteiger partial charge is 0.304 e. The summed E-state index contributed by atoms with van der Waals surface area (Å²) in [6.45, 7) is 3.10. The van der Waals surface area contributed by atoms with Crippen molar-refractivity contribution in [1.82, 2.24) is 9.80 Å². The molecule has 0 N–H and O–H groups in total. The molecule has 0 aromatic heterocycles. The van der Waals surface area contributed by atoms with Gasteiger partial charge in [0.25, 0.3) is 5.91 Å². The number of amides is 2. The molecule has 118 valence electrons. The summed E-state index contributed by atoms with van der Waals surface area (Å²) in [6, 6.07) is 2.56. The number of imide groups is 1. The number of hydrogen-bond donors (Lipinski definition) is 0. The molecule has 3 rings (SSSR count). The Kier molecular flexibility index (Phi) is 3.92. The second-order valence-corrected chi connectivity index (χ2v) is 5.72. The Morgan fingerprint density at radius 1 is 1.05 bits per heavy atom. The Morgan fingerprint density at radius 3 is 2.36 bits per heavy atom. The topological polar surface area (TPSA) is 43.9 Å². The number of carbonyl (C=O) groups is 2. The van der Waals surface area contributed by atoms with Gasteiger partial charge >= 0.3 is 0 Å². The van der Waals surface area contributed by atoms with Crippen LogP contribution in [0.3, 0.4) is 0 Å². The highest BCUT2D eigenvalue weighted by atomic mass is 19.2. The van der Waals surface area contributed by atoms with Crippen LogP contribution in [0.4, 0.5) is 14.5 Å². The predicted molar refractivity (Wildman–Crippen MR) is 76.3 cm³/mol. The Labute approximate surface area is 127 Å². The summed E-state index contributed by atoms with van der Waals surface area (Å²) >= 11 is 0. The van der Waals surface area contributed by atoms with E-state index in [1.807, 2.05) is 11.9 Å². The lowest BCUT2D eigenvalue weighted by Crippen LogP contribution is -2.51. The van der Waals surface area contributed by atoms with Gasteiger partial charge in [-0.2, -0.15) is 0 Å². The van der Waals surface area contributed by atoms with Crippen molar-refractivity contribution >= 4 is 17.5 Å². The van der Waals surface area contributed by atoms with Crippen LogP contribution < -0.4 is 4.90 Å². The van der Waals surface area contributed by atoms with E-state index < -0.39 is 17.7 Å². The molecule has 1 aromatic rings. The van der Waals surface area contributed by atoms with Gasteiger partial charge in [0.1, 0.15) is 0 Å². The number of benzene rings is 1. The van der Waals surface area contributed by atoms with Crippen molar-refractivity contribution in [3.63, 3.8) is 0 Å². The Hall–Kier alpha value is -1.86. The number of halogens is 2. The first kappa shape index (κ1) is 15.1. The fraction of sp³-hybridized carbons (Fsp3) is 0.467. The van der Waals surface area contributed by atoms with Crippen molar-refractivity contribution in [2.75, 3.05) is 38.1 Å². The maximum absolute atomic E-state index is 13.3. The van der Waals surface area contributed by atoms with E-state index >= 15 is 0 Å². The summed E-state index contributed by atoms with van der Waals surface area (Å²) in [5, 5.41) is 0. The van der Waals surface area contributed by atoms with E-state index in [0.717, 1.165) is 30.1 Å². The molecule has 7 heteroatoms. The van der Waals surface area contributed by atoms with Gasteiger partial charge in [0.2, 0.25) is 5.91 Å². The Balaban J connectivity index is 1.80. The molecule has 2 amide bonds. The van der Waals surface area contributed by atoms with Crippen molar-refractivity contribution < 1.29 is 18.4 Å². The van der Waals surface area contributed by atoms with Crippen LogP contribution in [0.1, 0.15) is 6.42 Å². The van der Waals surface area contributed by atoms with Crippen LogP contribution >= 0.6 is 0 Å². The standard InChI is InChI=1S/C15H17F2N3O2/c1-18-4-6-19(7-5-18)13-9-14(21)20(15(13)22)10-2-3-11(16)12(17)8-10/h2-3,8,13H,4-7,9H2,1H3. The molecule has 0 saturated carbocycles. The summed E-state index contributed by atoms with van der Waals surface area (Å²) in [7, 11) is 2.01. The maximum Gasteiger partial charge on any atom is 0.251 e. The van der Waals surface area contributed by atoms with Crippen molar-refractivity contribution in [1.29, 1.82) is 0 Å². The molecule has 22 heavy (non-hydrogen) atoms. The molecule has 1 unspecified atom stereocenters. The minimum Gasteiger partial charge on any atom is -0.304 e. The molecule has 5 nitrogen and oxygen atoms in total. The van der Waals surface area contributed by atoms with E-state index in [2.05, 4.69) is 4.90 Å². The minimum atomic E-state index is -1.07. The third-order valence-electron chi connectivity index (χ3n) is 4.26. The fourth-order valence-corrected chi connectivity index (χ4v) is 2.93. The number of carbonyl (C=O) groups excluding carboxylic acids is 2. The highest BCUT2D eigenvalue weighted by Gasteiger charge is 2.43. The van der Waals surface area contributed by atoms with E-state index in [1.54, 1.807) is 0 Å². The number of rotatable bonds is 2. The van der Waals surface area contributed by atoms with Gasteiger partial charge in [-0.15, -0.1) is 0 Å². The van der Waals surface area contributed by atoms with Gasteiger partial charge < -0.3 is 4.90 Å². The van der Waals surface area contributed by atoms with Crippen molar-refractivity contribution in [2.24, 2.45) is 0 Å². The summed E-state index contributed by atoms with van der Waals surface area (Å²) < 4.78 is 26.3. The first-order valence-corrected chi connectivity index (χ1v) is 7.22. The highest BCUT2D eigenvalue weighted by molar-refractivity contribution is 6.22. The van der Waals surface area contributed by atoms with Gasteiger partial charge in [-0.05, 0) is 19.2 Å². The zero-order valence-corrected chi connectivity index (χ0v) is 12.3. The number of likely N-dealkylation sites (N-methyl/N-ethyl adjacent to an activating group) is 1. The third kappa shape index (κ3) is 2.62. The van der Waals surface area contributed by atoms with E-state index in [1.165, 1.54) is 6.07 Å². The molecule has 2 heterocycles. The Bertz CT molecular complexity index is 615. The molecule has 0 bridgehead atoms. The minimum absolute atomic E-state index is 0.0849. The van der Waals surface area contributed by atoms with Crippen LogP contribution in [0.15, 0.2) is 18.2 Å². The van der Waals surface area contributed by atoms with E-state index in [9.17, 15) is 18.4 Å².